The monoisotopic (exact) mass is 594 g/mol. The van der Waals surface area contributed by atoms with E-state index < -0.39 is 10.2 Å². The predicted octanol–water partition coefficient (Wildman–Crippen LogP) is 3.03. The zero-order valence-corrected chi connectivity index (χ0v) is 26.2. The first-order valence-electron chi connectivity index (χ1n) is 15.0. The van der Waals surface area contributed by atoms with Crippen LogP contribution in [0, 0.1) is 10.2 Å². The van der Waals surface area contributed by atoms with Gasteiger partial charge in [-0.05, 0) is 86.9 Å². The number of para-hydroxylation sites is 1. The van der Waals surface area contributed by atoms with Gasteiger partial charge in [-0.25, -0.2) is 23.2 Å². The smallest absolute Gasteiger partial charge is 0.203 e. The summed E-state index contributed by atoms with van der Waals surface area (Å²) in [6, 6.07) is 18.0. The largest absolute Gasteiger partial charge is 0.456 e. The number of fused-ring (bicyclic) bond motifs is 3. The van der Waals surface area contributed by atoms with Crippen LogP contribution in [-0.2, 0) is 11.8 Å². The van der Waals surface area contributed by atoms with Crippen molar-refractivity contribution in [1.82, 2.24) is 4.58 Å². The van der Waals surface area contributed by atoms with Gasteiger partial charge in [-0.15, -0.1) is 10.2 Å². The standard InChI is InChI=1S/C34H43N2O.ClHO4/c1-6-9-22-36-30-17-13-12-16-29(30)34(4,5)32(36)21-19-25-14-10-11-15-27-23-26-18-20-28(35(7-2)8-3)24-31(26)37-33(25)27;2-1(3,4)5/h12-13,16-21,23-24H,6-11,14-15,22H2,1-5H3;(H,2,3,4,5)/q+1;/p-1. The van der Waals surface area contributed by atoms with Gasteiger partial charge in [0.15, 0.2) is 0 Å². The minimum atomic E-state index is -4.94. The second-order valence-electron chi connectivity index (χ2n) is 11.5. The summed E-state index contributed by atoms with van der Waals surface area (Å²) in [5.41, 5.74) is 8.05. The Morgan fingerprint density at radius 1 is 0.929 bits per heavy atom. The van der Waals surface area contributed by atoms with Crippen molar-refractivity contribution in [2.45, 2.75) is 78.6 Å². The lowest BCUT2D eigenvalue weighted by molar-refractivity contribution is -2.00. The number of hydrogen-bond donors (Lipinski definition) is 0. The van der Waals surface area contributed by atoms with E-state index in [2.05, 4.69) is 105 Å². The van der Waals surface area contributed by atoms with E-state index in [1.165, 1.54) is 64.7 Å². The molecule has 0 spiro atoms. The predicted molar refractivity (Wildman–Crippen MR) is 157 cm³/mol. The molecule has 2 aliphatic carbocycles. The SMILES string of the molecule is CCCCN1/C(=C\C=C2/CCCCc3cc4ccc(=[N+](CC)CC)cc-4oc32)C(C)(C)c2ccccc21.[O-][Cl+3]([O-])([O-])[O-]. The number of hydrogen-bond acceptors (Lipinski definition) is 6. The highest BCUT2D eigenvalue weighted by Gasteiger charge is 2.39. The molecule has 2 heterocycles. The lowest BCUT2D eigenvalue weighted by atomic mass is 9.83. The van der Waals surface area contributed by atoms with E-state index in [-0.39, 0.29) is 5.41 Å². The normalized spacial score (nSPS) is 18.0. The molecule has 0 atom stereocenters. The van der Waals surface area contributed by atoms with Gasteiger partial charge in [-0.3, -0.25) is 0 Å². The average Bonchev–Trinajstić information content (AvgIpc) is 3.04. The summed E-state index contributed by atoms with van der Waals surface area (Å²) >= 11 is 0. The van der Waals surface area contributed by atoms with Crippen LogP contribution in [0.3, 0.4) is 0 Å². The zero-order valence-electron chi connectivity index (χ0n) is 25.5. The Hall–Kier alpha value is -2.94. The number of allylic oxidation sites excluding steroid dienone is 4. The van der Waals surface area contributed by atoms with E-state index in [4.69, 9.17) is 23.1 Å². The molecule has 0 N–H and O–H groups in total. The Bertz CT molecular complexity index is 1470. The molecule has 0 radical (unpaired) electrons. The molecule has 1 aromatic rings. The fourth-order valence-electron chi connectivity index (χ4n) is 6.18. The van der Waals surface area contributed by atoms with Crippen molar-refractivity contribution >= 4 is 11.3 Å². The first-order valence-corrected chi connectivity index (χ1v) is 16.3. The third kappa shape index (κ3) is 7.33. The van der Waals surface area contributed by atoms with Gasteiger partial charge < -0.3 is 9.32 Å². The van der Waals surface area contributed by atoms with Crippen LogP contribution in [0.15, 0.2) is 70.8 Å². The summed E-state index contributed by atoms with van der Waals surface area (Å²) in [5.74, 6) is 2.08. The van der Waals surface area contributed by atoms with Crippen LogP contribution >= 0.6 is 0 Å². The minimum absolute atomic E-state index is 0.0197. The van der Waals surface area contributed by atoms with Gasteiger partial charge in [-0.2, -0.15) is 0 Å². The molecule has 1 aromatic carbocycles. The Morgan fingerprint density at radius 2 is 1.62 bits per heavy atom. The van der Waals surface area contributed by atoms with Crippen molar-refractivity contribution in [2.24, 2.45) is 0 Å². The molecular weight excluding hydrogens is 552 g/mol. The lowest BCUT2D eigenvalue weighted by Crippen LogP contribution is -2.68. The zero-order chi connectivity index (χ0) is 30.5. The van der Waals surface area contributed by atoms with Crippen molar-refractivity contribution < 1.29 is 33.3 Å². The lowest BCUT2D eigenvalue weighted by Gasteiger charge is -2.27. The van der Waals surface area contributed by atoms with Crippen LogP contribution in [0.1, 0.15) is 83.6 Å². The van der Waals surface area contributed by atoms with Gasteiger partial charge in [0, 0.05) is 35.0 Å². The van der Waals surface area contributed by atoms with Crippen LogP contribution in [0.2, 0.25) is 0 Å². The summed E-state index contributed by atoms with van der Waals surface area (Å²) in [5, 5.41) is 1.24. The Morgan fingerprint density at radius 3 is 2.31 bits per heavy atom. The molecule has 0 saturated carbocycles. The van der Waals surface area contributed by atoms with Crippen LogP contribution in [0.25, 0.3) is 16.9 Å². The van der Waals surface area contributed by atoms with E-state index in [0.717, 1.165) is 44.0 Å². The van der Waals surface area contributed by atoms with Gasteiger partial charge in [-0.1, -0.05) is 51.5 Å². The summed E-state index contributed by atoms with van der Waals surface area (Å²) in [7, 11) is -4.94. The summed E-state index contributed by atoms with van der Waals surface area (Å²) in [6.45, 7) is 14.5. The topological polar surface area (TPSA) is 112 Å². The third-order valence-corrected chi connectivity index (χ3v) is 8.37. The molecule has 0 bridgehead atoms. The van der Waals surface area contributed by atoms with Crippen LogP contribution in [-0.4, -0.2) is 19.6 Å². The van der Waals surface area contributed by atoms with E-state index in [1.807, 2.05) is 0 Å². The first kappa shape index (κ1) is 32.0. The van der Waals surface area contributed by atoms with E-state index in [0.29, 0.717) is 0 Å². The Balaban J connectivity index is 0.000000748. The molecule has 8 heteroatoms. The van der Waals surface area contributed by atoms with Crippen molar-refractivity contribution in [3.63, 3.8) is 0 Å². The van der Waals surface area contributed by atoms with Gasteiger partial charge >= 0.3 is 0 Å². The van der Waals surface area contributed by atoms with E-state index in [1.54, 1.807) is 0 Å². The molecule has 5 rings (SSSR count). The molecule has 0 aromatic heterocycles. The van der Waals surface area contributed by atoms with Crippen LogP contribution in [0.4, 0.5) is 5.69 Å². The highest BCUT2D eigenvalue weighted by molar-refractivity contribution is 5.74. The van der Waals surface area contributed by atoms with Gasteiger partial charge in [0.05, 0.1) is 6.07 Å². The molecule has 42 heavy (non-hydrogen) atoms. The number of unbranched alkanes of at least 4 members (excludes halogenated alkanes) is 1. The highest BCUT2D eigenvalue weighted by atomic mass is 35.7. The summed E-state index contributed by atoms with van der Waals surface area (Å²) < 4.78 is 43.1. The number of benzene rings is 2. The second kappa shape index (κ2) is 13.6. The summed E-state index contributed by atoms with van der Waals surface area (Å²) in [6.07, 6.45) is 11.7. The molecule has 2 aliphatic heterocycles. The fraction of sp³-hybridized carbons (Fsp3) is 0.441. The highest BCUT2D eigenvalue weighted by Crippen LogP contribution is 2.48. The van der Waals surface area contributed by atoms with E-state index in [9.17, 15) is 0 Å². The fourth-order valence-corrected chi connectivity index (χ4v) is 6.18. The maximum atomic E-state index is 8.49. The molecule has 226 valence electrons. The molecule has 4 aliphatic rings. The van der Waals surface area contributed by atoms with Gasteiger partial charge in [0.2, 0.25) is 5.36 Å². The number of aryl methyl sites for hydroxylation is 1. The third-order valence-electron chi connectivity index (χ3n) is 8.37. The first-order chi connectivity index (χ1) is 20.0. The van der Waals surface area contributed by atoms with Crippen LogP contribution in [0.5, 0.6) is 0 Å². The molecule has 7 nitrogen and oxygen atoms in total. The quantitative estimate of drug-likeness (QED) is 0.320. The number of rotatable bonds is 6. The maximum absolute atomic E-state index is 8.49. The molecule has 0 fully saturated rings. The van der Waals surface area contributed by atoms with Crippen molar-refractivity contribution in [3.8, 4) is 11.3 Å². The molecular formula is C34H43ClN2O5. The number of halogens is 1. The van der Waals surface area contributed by atoms with E-state index >= 15 is 0 Å². The van der Waals surface area contributed by atoms with Crippen LogP contribution < -0.4 is 33.5 Å². The Kier molecular flexibility index (Phi) is 10.3. The maximum Gasteiger partial charge on any atom is 0.203 e. The molecule has 0 amide bonds. The Labute approximate surface area is 251 Å². The van der Waals surface area contributed by atoms with Crippen molar-refractivity contribution in [2.75, 3.05) is 24.5 Å². The number of anilines is 1. The second-order valence-corrected chi connectivity index (χ2v) is 12.2. The van der Waals surface area contributed by atoms with Gasteiger partial charge in [0.25, 0.3) is 0 Å². The average molecular weight is 595 g/mol. The molecule has 0 saturated heterocycles. The van der Waals surface area contributed by atoms with Crippen molar-refractivity contribution in [3.05, 3.63) is 88.6 Å². The van der Waals surface area contributed by atoms with Gasteiger partial charge in [0.1, 0.15) is 24.6 Å². The number of nitrogens with zero attached hydrogens (tertiary/aromatic N) is 2. The minimum Gasteiger partial charge on any atom is -0.456 e. The van der Waals surface area contributed by atoms with Crippen molar-refractivity contribution in [1.29, 1.82) is 0 Å². The summed E-state index contributed by atoms with van der Waals surface area (Å²) in [4.78, 5) is 2.56. The molecule has 0 unspecified atom stereocenters.